The summed E-state index contributed by atoms with van der Waals surface area (Å²) in [6, 6.07) is 13.3. The second kappa shape index (κ2) is 9.47. The highest BCUT2D eigenvalue weighted by molar-refractivity contribution is 7.99. The Morgan fingerprint density at radius 2 is 1.76 bits per heavy atom. The van der Waals surface area contributed by atoms with Crippen LogP contribution in [0.4, 0.5) is 5.69 Å². The Morgan fingerprint density at radius 3 is 2.41 bits per heavy atom. The third-order valence-corrected chi connectivity index (χ3v) is 5.21. The van der Waals surface area contributed by atoms with Crippen LogP contribution in [-0.2, 0) is 18.4 Å². The van der Waals surface area contributed by atoms with Gasteiger partial charge in [-0.3, -0.25) is 4.79 Å². The van der Waals surface area contributed by atoms with Crippen LogP contribution in [0.3, 0.4) is 0 Å². The van der Waals surface area contributed by atoms with Crippen molar-refractivity contribution in [2.24, 2.45) is 7.05 Å². The Balaban J connectivity index is 1.52. The molecule has 3 aromatic rings. The number of amides is 1. The zero-order valence-electron chi connectivity index (χ0n) is 16.9. The molecule has 1 heterocycles. The number of thioether (sulfide) groups is 1. The lowest BCUT2D eigenvalue weighted by atomic mass is 10.1. The van der Waals surface area contributed by atoms with E-state index in [0.29, 0.717) is 17.6 Å². The maximum absolute atomic E-state index is 12.2. The highest BCUT2D eigenvalue weighted by Gasteiger charge is 2.12. The van der Waals surface area contributed by atoms with Crippen molar-refractivity contribution in [3.8, 4) is 11.5 Å². The van der Waals surface area contributed by atoms with Gasteiger partial charge in [-0.15, -0.1) is 10.2 Å². The van der Waals surface area contributed by atoms with Crippen LogP contribution in [-0.4, -0.2) is 33.5 Å². The summed E-state index contributed by atoms with van der Waals surface area (Å²) in [5.74, 6) is 2.36. The fourth-order valence-electron chi connectivity index (χ4n) is 2.76. The Labute approximate surface area is 174 Å². The van der Waals surface area contributed by atoms with E-state index in [-0.39, 0.29) is 11.7 Å². The Bertz CT molecular complexity index is 966. The van der Waals surface area contributed by atoms with E-state index in [1.165, 1.54) is 11.8 Å². The fourth-order valence-corrected chi connectivity index (χ4v) is 3.49. The number of ether oxygens (including phenoxy) is 2. The molecule has 8 heteroatoms. The predicted octanol–water partition coefficient (Wildman–Crippen LogP) is 3.75. The van der Waals surface area contributed by atoms with Gasteiger partial charge in [-0.05, 0) is 61.4 Å². The van der Waals surface area contributed by atoms with E-state index >= 15 is 0 Å². The van der Waals surface area contributed by atoms with Gasteiger partial charge in [-0.25, -0.2) is 0 Å². The van der Waals surface area contributed by atoms with Crippen LogP contribution >= 0.6 is 11.8 Å². The monoisotopic (exact) mass is 412 g/mol. The molecule has 1 N–H and O–H groups in total. The maximum Gasteiger partial charge on any atom is 0.234 e. The zero-order valence-corrected chi connectivity index (χ0v) is 17.7. The Morgan fingerprint density at radius 1 is 1.07 bits per heavy atom. The molecule has 3 rings (SSSR count). The van der Waals surface area contributed by atoms with Gasteiger partial charge in [0.2, 0.25) is 5.91 Å². The molecule has 29 heavy (non-hydrogen) atoms. The minimum Gasteiger partial charge on any atom is -0.497 e. The molecule has 152 valence electrons. The molecule has 0 radical (unpaired) electrons. The van der Waals surface area contributed by atoms with Crippen molar-refractivity contribution in [3.63, 3.8) is 0 Å². The molecule has 2 aromatic carbocycles. The van der Waals surface area contributed by atoms with Crippen molar-refractivity contribution < 1.29 is 14.3 Å². The lowest BCUT2D eigenvalue weighted by molar-refractivity contribution is -0.113. The normalized spacial score (nSPS) is 10.6. The van der Waals surface area contributed by atoms with Gasteiger partial charge in [0.1, 0.15) is 18.1 Å². The van der Waals surface area contributed by atoms with E-state index in [4.69, 9.17) is 9.47 Å². The molecule has 7 nitrogen and oxygen atoms in total. The summed E-state index contributed by atoms with van der Waals surface area (Å²) in [5.41, 5.74) is 3.02. The van der Waals surface area contributed by atoms with Crippen molar-refractivity contribution in [2.45, 2.75) is 25.6 Å². The summed E-state index contributed by atoms with van der Waals surface area (Å²) in [6.45, 7) is 4.38. The maximum atomic E-state index is 12.2. The van der Waals surface area contributed by atoms with E-state index in [1.54, 1.807) is 31.4 Å². The minimum atomic E-state index is -0.115. The summed E-state index contributed by atoms with van der Waals surface area (Å²) in [4.78, 5) is 12.2. The van der Waals surface area contributed by atoms with Crippen LogP contribution in [0.15, 0.2) is 47.6 Å². The Kier molecular flexibility index (Phi) is 6.77. The first-order valence-corrected chi connectivity index (χ1v) is 10.1. The molecule has 0 fully saturated rings. The van der Waals surface area contributed by atoms with Gasteiger partial charge in [0.05, 0.1) is 12.9 Å². The molecule has 1 amide bonds. The molecular weight excluding hydrogens is 388 g/mol. The van der Waals surface area contributed by atoms with Gasteiger partial charge in [0.15, 0.2) is 11.0 Å². The highest BCUT2D eigenvalue weighted by Crippen LogP contribution is 2.20. The van der Waals surface area contributed by atoms with Crippen LogP contribution in [0.1, 0.15) is 17.0 Å². The first kappa shape index (κ1) is 20.7. The number of aryl methyl sites for hydroxylation is 2. The molecule has 0 saturated carbocycles. The molecule has 0 aliphatic heterocycles. The molecule has 0 saturated heterocycles. The largest absolute Gasteiger partial charge is 0.497 e. The van der Waals surface area contributed by atoms with Crippen molar-refractivity contribution in [3.05, 3.63) is 59.4 Å². The standard InChI is InChI=1S/C21H24N4O3S/c1-14-9-15(2)11-18(10-14)28-12-19-23-24-21(25(19)3)29-13-20(26)22-16-5-7-17(27-4)8-6-16/h5-11H,12-13H2,1-4H3,(H,22,26). The minimum absolute atomic E-state index is 0.115. The van der Waals surface area contributed by atoms with Crippen LogP contribution in [0.25, 0.3) is 0 Å². The summed E-state index contributed by atoms with van der Waals surface area (Å²) < 4.78 is 12.8. The lowest BCUT2D eigenvalue weighted by Gasteiger charge is -2.08. The van der Waals surface area contributed by atoms with E-state index in [9.17, 15) is 4.79 Å². The average Bonchev–Trinajstić information content (AvgIpc) is 3.04. The summed E-state index contributed by atoms with van der Waals surface area (Å²) >= 11 is 1.33. The molecule has 0 spiro atoms. The van der Waals surface area contributed by atoms with Crippen LogP contribution in [0.2, 0.25) is 0 Å². The molecule has 1 aromatic heterocycles. The fraction of sp³-hybridized carbons (Fsp3) is 0.286. The van der Waals surface area contributed by atoms with Gasteiger partial charge in [-0.1, -0.05) is 17.8 Å². The average molecular weight is 413 g/mol. The van der Waals surface area contributed by atoms with Gasteiger partial charge >= 0.3 is 0 Å². The number of nitrogens with zero attached hydrogens (tertiary/aromatic N) is 3. The highest BCUT2D eigenvalue weighted by atomic mass is 32.2. The second-order valence-corrected chi connectivity index (χ2v) is 7.58. The van der Waals surface area contributed by atoms with E-state index in [2.05, 4.69) is 21.6 Å². The number of carbonyl (C=O) groups is 1. The summed E-state index contributed by atoms with van der Waals surface area (Å²) in [5, 5.41) is 11.9. The number of hydrogen-bond acceptors (Lipinski definition) is 6. The predicted molar refractivity (Wildman–Crippen MR) is 114 cm³/mol. The number of methoxy groups -OCH3 is 1. The van der Waals surface area contributed by atoms with Crippen molar-refractivity contribution in [1.29, 1.82) is 0 Å². The summed E-state index contributed by atoms with van der Waals surface area (Å²) in [6.07, 6.45) is 0. The molecule has 0 atom stereocenters. The van der Waals surface area contributed by atoms with Gasteiger partial charge in [0.25, 0.3) is 0 Å². The number of nitrogens with one attached hydrogen (secondary N) is 1. The zero-order chi connectivity index (χ0) is 20.8. The van der Waals surface area contributed by atoms with E-state index in [1.807, 2.05) is 37.6 Å². The van der Waals surface area contributed by atoms with Gasteiger partial charge in [0, 0.05) is 12.7 Å². The molecular formula is C21H24N4O3S. The number of aromatic nitrogens is 3. The first-order valence-electron chi connectivity index (χ1n) is 9.10. The summed E-state index contributed by atoms with van der Waals surface area (Å²) in [7, 11) is 3.47. The number of hydrogen-bond donors (Lipinski definition) is 1. The van der Waals surface area contributed by atoms with Crippen molar-refractivity contribution in [2.75, 3.05) is 18.2 Å². The van der Waals surface area contributed by atoms with Crippen molar-refractivity contribution in [1.82, 2.24) is 14.8 Å². The van der Waals surface area contributed by atoms with E-state index < -0.39 is 0 Å². The second-order valence-electron chi connectivity index (χ2n) is 6.64. The number of carbonyl (C=O) groups excluding carboxylic acids is 1. The number of anilines is 1. The third kappa shape index (κ3) is 5.74. The molecule has 0 aliphatic rings. The smallest absolute Gasteiger partial charge is 0.234 e. The Hall–Kier alpha value is -3.00. The van der Waals surface area contributed by atoms with Crippen molar-refractivity contribution >= 4 is 23.4 Å². The topological polar surface area (TPSA) is 78.3 Å². The van der Waals surface area contributed by atoms with Crippen LogP contribution < -0.4 is 14.8 Å². The lowest BCUT2D eigenvalue weighted by Crippen LogP contribution is -2.14. The SMILES string of the molecule is COc1ccc(NC(=O)CSc2nnc(COc3cc(C)cc(C)c3)n2C)cc1. The van der Waals surface area contributed by atoms with Gasteiger partial charge in [-0.2, -0.15) is 0 Å². The molecule has 0 bridgehead atoms. The van der Waals surface area contributed by atoms with E-state index in [0.717, 1.165) is 28.3 Å². The number of benzene rings is 2. The quantitative estimate of drug-likeness (QED) is 0.568. The first-order chi connectivity index (χ1) is 13.9. The van der Waals surface area contributed by atoms with Crippen LogP contribution in [0.5, 0.6) is 11.5 Å². The van der Waals surface area contributed by atoms with Gasteiger partial charge < -0.3 is 19.4 Å². The number of rotatable bonds is 8. The third-order valence-electron chi connectivity index (χ3n) is 4.19. The molecule has 0 unspecified atom stereocenters. The molecule has 0 aliphatic carbocycles. The van der Waals surface area contributed by atoms with Crippen LogP contribution in [0, 0.1) is 13.8 Å².